The third kappa shape index (κ3) is 2.54. The minimum atomic E-state index is -0.0445. The smallest absolute Gasteiger partial charge is 0.272 e. The summed E-state index contributed by atoms with van der Waals surface area (Å²) in [4.78, 5) is 15.1. The van der Waals surface area contributed by atoms with Crippen LogP contribution in [0.4, 0.5) is 0 Å². The number of H-pyrrole nitrogens is 1. The van der Waals surface area contributed by atoms with Gasteiger partial charge in [0, 0.05) is 11.3 Å². The van der Waals surface area contributed by atoms with Gasteiger partial charge < -0.3 is 10.1 Å². The van der Waals surface area contributed by atoms with E-state index in [1.54, 1.807) is 0 Å². The van der Waals surface area contributed by atoms with Gasteiger partial charge in [-0.15, -0.1) is 0 Å². The second-order valence-electron chi connectivity index (χ2n) is 6.66. The van der Waals surface area contributed by atoms with Crippen molar-refractivity contribution in [2.24, 2.45) is 0 Å². The average molecular weight is 304 g/mol. The molecule has 1 aliphatic carbocycles. The normalized spacial score (nSPS) is 28.7. The van der Waals surface area contributed by atoms with Gasteiger partial charge >= 0.3 is 0 Å². The topological polar surface area (TPSA) is 70.2 Å². The van der Waals surface area contributed by atoms with Crippen LogP contribution < -0.4 is 5.32 Å². The Bertz CT molecular complexity index is 550. The van der Waals surface area contributed by atoms with Crippen LogP contribution in [0.15, 0.2) is 0 Å². The molecule has 2 N–H and O–H groups in total. The largest absolute Gasteiger partial charge is 0.378 e. The molecule has 22 heavy (non-hydrogen) atoms. The van der Waals surface area contributed by atoms with Gasteiger partial charge in [-0.2, -0.15) is 5.10 Å². The van der Waals surface area contributed by atoms with Crippen molar-refractivity contribution < 1.29 is 9.53 Å². The molecular formula is C16H24N4O2. The molecule has 2 atom stereocenters. The van der Waals surface area contributed by atoms with Gasteiger partial charge in [-0.1, -0.05) is 6.42 Å². The van der Waals surface area contributed by atoms with E-state index < -0.39 is 0 Å². The SMILES string of the molecule is O=C(N[C@@H]1COC[C@H]1N1CCCCC1)c1n[nH]c2c1CCC2. The average Bonchev–Trinajstić information content (AvgIpc) is 3.24. The summed E-state index contributed by atoms with van der Waals surface area (Å²) in [5.74, 6) is -0.0445. The quantitative estimate of drug-likeness (QED) is 0.870. The van der Waals surface area contributed by atoms with Gasteiger partial charge in [0.05, 0.1) is 25.3 Å². The standard InChI is InChI=1S/C16H24N4O2/c21-16(15-11-5-4-6-12(11)18-19-15)17-13-9-22-10-14(13)20-7-2-1-3-8-20/h13-14H,1-10H2,(H,17,21)(H,18,19)/t13-,14-/m1/s1. The molecule has 0 spiro atoms. The third-order valence-corrected chi connectivity index (χ3v) is 5.25. The highest BCUT2D eigenvalue weighted by Gasteiger charge is 2.35. The van der Waals surface area contributed by atoms with Crippen LogP contribution in [0.1, 0.15) is 47.4 Å². The number of fused-ring (bicyclic) bond motifs is 1. The molecule has 2 saturated heterocycles. The van der Waals surface area contributed by atoms with Gasteiger partial charge in [-0.3, -0.25) is 14.8 Å². The summed E-state index contributed by atoms with van der Waals surface area (Å²) in [5.41, 5.74) is 2.85. The van der Waals surface area contributed by atoms with Crippen LogP contribution in [-0.4, -0.2) is 59.4 Å². The number of aromatic nitrogens is 2. The highest BCUT2D eigenvalue weighted by Crippen LogP contribution is 2.23. The summed E-state index contributed by atoms with van der Waals surface area (Å²) in [6, 6.07) is 0.399. The zero-order chi connectivity index (χ0) is 14.9. The highest BCUT2D eigenvalue weighted by atomic mass is 16.5. The van der Waals surface area contributed by atoms with Gasteiger partial charge in [0.1, 0.15) is 0 Å². The number of amides is 1. The number of ether oxygens (including phenoxy) is 1. The number of hydrogen-bond acceptors (Lipinski definition) is 4. The summed E-state index contributed by atoms with van der Waals surface area (Å²) >= 11 is 0. The summed E-state index contributed by atoms with van der Waals surface area (Å²) in [5, 5.41) is 10.4. The van der Waals surface area contributed by atoms with Crippen LogP contribution >= 0.6 is 0 Å². The Balaban J connectivity index is 1.44. The van der Waals surface area contributed by atoms with Crippen LogP contribution in [0, 0.1) is 0 Å². The van der Waals surface area contributed by atoms with Crippen molar-refractivity contribution in [2.45, 2.75) is 50.6 Å². The van der Waals surface area contributed by atoms with E-state index in [1.807, 2.05) is 0 Å². The lowest BCUT2D eigenvalue weighted by atomic mass is 10.0. The molecule has 2 aliphatic heterocycles. The lowest BCUT2D eigenvalue weighted by molar-refractivity contribution is 0.0894. The molecule has 3 heterocycles. The zero-order valence-corrected chi connectivity index (χ0v) is 12.9. The number of nitrogens with zero attached hydrogens (tertiary/aromatic N) is 2. The molecule has 3 aliphatic rings. The first-order chi connectivity index (χ1) is 10.8. The van der Waals surface area contributed by atoms with E-state index in [4.69, 9.17) is 4.74 Å². The van der Waals surface area contributed by atoms with Crippen LogP contribution in [0.5, 0.6) is 0 Å². The zero-order valence-electron chi connectivity index (χ0n) is 12.9. The lowest BCUT2D eigenvalue weighted by Crippen LogP contribution is -2.52. The molecule has 0 bridgehead atoms. The van der Waals surface area contributed by atoms with E-state index in [9.17, 15) is 4.79 Å². The van der Waals surface area contributed by atoms with E-state index >= 15 is 0 Å². The molecule has 4 rings (SSSR count). The van der Waals surface area contributed by atoms with Crippen molar-refractivity contribution in [1.29, 1.82) is 0 Å². The molecular weight excluding hydrogens is 280 g/mol. The first kappa shape index (κ1) is 14.2. The predicted octanol–water partition coefficient (Wildman–Crippen LogP) is 0.881. The molecule has 0 aromatic carbocycles. The highest BCUT2D eigenvalue weighted by molar-refractivity contribution is 5.94. The Morgan fingerprint density at radius 3 is 2.91 bits per heavy atom. The number of aryl methyl sites for hydroxylation is 1. The third-order valence-electron chi connectivity index (χ3n) is 5.25. The Kier molecular flexibility index (Phi) is 3.88. The first-order valence-corrected chi connectivity index (χ1v) is 8.51. The van der Waals surface area contributed by atoms with Crippen LogP contribution in [0.2, 0.25) is 0 Å². The van der Waals surface area contributed by atoms with Crippen molar-refractivity contribution in [3.05, 3.63) is 17.0 Å². The van der Waals surface area contributed by atoms with Crippen molar-refractivity contribution in [1.82, 2.24) is 20.4 Å². The minimum absolute atomic E-state index is 0.0445. The molecule has 1 amide bonds. The van der Waals surface area contributed by atoms with Crippen molar-refractivity contribution in [2.75, 3.05) is 26.3 Å². The minimum Gasteiger partial charge on any atom is -0.378 e. The number of rotatable bonds is 3. The van der Waals surface area contributed by atoms with E-state index in [2.05, 4.69) is 20.4 Å². The van der Waals surface area contributed by atoms with E-state index in [0.29, 0.717) is 18.3 Å². The van der Waals surface area contributed by atoms with Crippen molar-refractivity contribution in [3.63, 3.8) is 0 Å². The van der Waals surface area contributed by atoms with Crippen LogP contribution in [0.25, 0.3) is 0 Å². The maximum Gasteiger partial charge on any atom is 0.272 e. The monoisotopic (exact) mass is 304 g/mol. The number of carbonyl (C=O) groups excluding carboxylic acids is 1. The molecule has 1 aromatic rings. The molecule has 0 saturated carbocycles. The van der Waals surface area contributed by atoms with Crippen molar-refractivity contribution in [3.8, 4) is 0 Å². The summed E-state index contributed by atoms with van der Waals surface area (Å²) in [7, 11) is 0. The fourth-order valence-electron chi connectivity index (χ4n) is 4.03. The second kappa shape index (κ2) is 6.01. The lowest BCUT2D eigenvalue weighted by Gasteiger charge is -2.34. The van der Waals surface area contributed by atoms with Gasteiger partial charge in [0.15, 0.2) is 5.69 Å². The van der Waals surface area contributed by atoms with Gasteiger partial charge in [0.2, 0.25) is 0 Å². The maximum absolute atomic E-state index is 12.6. The summed E-state index contributed by atoms with van der Waals surface area (Å²) < 4.78 is 5.65. The molecule has 6 nitrogen and oxygen atoms in total. The number of nitrogens with one attached hydrogen (secondary N) is 2. The number of carbonyl (C=O) groups is 1. The summed E-state index contributed by atoms with van der Waals surface area (Å²) in [6.07, 6.45) is 6.92. The number of aromatic amines is 1. The molecule has 1 aromatic heterocycles. The number of likely N-dealkylation sites (tertiary alicyclic amines) is 1. The fourth-order valence-corrected chi connectivity index (χ4v) is 4.03. The van der Waals surface area contributed by atoms with E-state index in [0.717, 1.165) is 50.2 Å². The van der Waals surface area contributed by atoms with Crippen LogP contribution in [-0.2, 0) is 17.6 Å². The Hall–Kier alpha value is -1.40. The molecule has 2 fully saturated rings. The molecule has 0 radical (unpaired) electrons. The number of hydrogen-bond donors (Lipinski definition) is 2. The first-order valence-electron chi connectivity index (χ1n) is 8.51. The number of piperidine rings is 1. The van der Waals surface area contributed by atoms with Gasteiger partial charge in [-0.25, -0.2) is 0 Å². The van der Waals surface area contributed by atoms with Gasteiger partial charge in [-0.05, 0) is 45.2 Å². The summed E-state index contributed by atoms with van der Waals surface area (Å²) in [6.45, 7) is 3.58. The maximum atomic E-state index is 12.6. The van der Waals surface area contributed by atoms with Crippen LogP contribution in [0.3, 0.4) is 0 Å². The molecule has 120 valence electrons. The second-order valence-corrected chi connectivity index (χ2v) is 6.66. The molecule has 0 unspecified atom stereocenters. The molecule has 6 heteroatoms. The van der Waals surface area contributed by atoms with E-state index in [1.165, 1.54) is 19.3 Å². The van der Waals surface area contributed by atoms with Gasteiger partial charge in [0.25, 0.3) is 5.91 Å². The van der Waals surface area contributed by atoms with Crippen molar-refractivity contribution >= 4 is 5.91 Å². The Morgan fingerprint density at radius 2 is 2.05 bits per heavy atom. The van der Waals surface area contributed by atoms with E-state index in [-0.39, 0.29) is 11.9 Å². The fraction of sp³-hybridized carbons (Fsp3) is 0.750. The Morgan fingerprint density at radius 1 is 1.18 bits per heavy atom. The Labute approximate surface area is 130 Å². The predicted molar refractivity (Wildman–Crippen MR) is 81.9 cm³/mol.